The number of nitrogens with one attached hydrogen (secondary N) is 2. The second-order valence-corrected chi connectivity index (χ2v) is 5.47. The van der Waals surface area contributed by atoms with E-state index in [1.54, 1.807) is 0 Å². The van der Waals surface area contributed by atoms with Crippen molar-refractivity contribution in [3.05, 3.63) is 18.2 Å². The molecule has 16 heavy (non-hydrogen) atoms. The van der Waals surface area contributed by atoms with Crippen molar-refractivity contribution < 1.29 is 0 Å². The number of fused-ring (bicyclic) bond motifs is 2. The number of aromatic nitrogens is 2. The molecule has 4 unspecified atom stereocenters. The monoisotopic (exact) mass is 219 g/mol. The van der Waals surface area contributed by atoms with E-state index in [-0.39, 0.29) is 0 Å². The molecule has 3 nitrogen and oxygen atoms in total. The Labute approximate surface area is 97.0 Å². The number of hydrogen-bond acceptors (Lipinski definition) is 2. The minimum absolute atomic E-state index is 0.612. The molecule has 2 N–H and O–H groups in total. The largest absolute Gasteiger partial charge is 0.349 e. The molecule has 2 aliphatic rings. The fourth-order valence-corrected chi connectivity index (χ4v) is 3.87. The van der Waals surface area contributed by atoms with Crippen LogP contribution in [0, 0.1) is 17.8 Å². The average Bonchev–Trinajstić information content (AvgIpc) is 3.02. The van der Waals surface area contributed by atoms with Crippen LogP contribution in [0.3, 0.4) is 0 Å². The van der Waals surface area contributed by atoms with Crippen molar-refractivity contribution in [2.24, 2.45) is 17.8 Å². The summed E-state index contributed by atoms with van der Waals surface area (Å²) < 4.78 is 0. The van der Waals surface area contributed by atoms with Crippen molar-refractivity contribution in [2.75, 3.05) is 7.05 Å². The molecule has 3 rings (SSSR count). The van der Waals surface area contributed by atoms with Gasteiger partial charge in [-0.15, -0.1) is 0 Å². The molecule has 0 amide bonds. The molecule has 1 heterocycles. The lowest BCUT2D eigenvalue weighted by Crippen LogP contribution is -2.38. The fourth-order valence-electron chi connectivity index (χ4n) is 3.87. The van der Waals surface area contributed by atoms with E-state index < -0.39 is 0 Å². The predicted molar refractivity (Wildman–Crippen MR) is 64.1 cm³/mol. The second-order valence-electron chi connectivity index (χ2n) is 5.47. The summed E-state index contributed by atoms with van der Waals surface area (Å²) in [6.07, 6.45) is 10.7. The number of nitrogens with zero attached hydrogens (tertiary/aromatic N) is 1. The first-order valence-electron chi connectivity index (χ1n) is 6.52. The van der Waals surface area contributed by atoms with Gasteiger partial charge >= 0.3 is 0 Å². The maximum Gasteiger partial charge on any atom is 0.107 e. The number of imidazole rings is 1. The van der Waals surface area contributed by atoms with E-state index in [9.17, 15) is 0 Å². The summed E-state index contributed by atoms with van der Waals surface area (Å²) in [4.78, 5) is 7.56. The van der Waals surface area contributed by atoms with Crippen molar-refractivity contribution >= 4 is 0 Å². The van der Waals surface area contributed by atoms with Gasteiger partial charge in [0.25, 0.3) is 0 Å². The first-order valence-corrected chi connectivity index (χ1v) is 6.52. The van der Waals surface area contributed by atoms with Crippen LogP contribution in [0.1, 0.15) is 31.5 Å². The van der Waals surface area contributed by atoms with Crippen molar-refractivity contribution in [1.29, 1.82) is 0 Å². The van der Waals surface area contributed by atoms with E-state index in [0.29, 0.717) is 6.04 Å². The van der Waals surface area contributed by atoms with Crippen LogP contribution in [-0.4, -0.2) is 23.1 Å². The first kappa shape index (κ1) is 10.3. The molecule has 4 atom stereocenters. The lowest BCUT2D eigenvalue weighted by Gasteiger charge is -2.29. The van der Waals surface area contributed by atoms with Gasteiger partial charge in [0, 0.05) is 24.9 Å². The van der Waals surface area contributed by atoms with Crippen molar-refractivity contribution in [1.82, 2.24) is 15.3 Å². The molecular formula is C13H21N3. The Kier molecular flexibility index (Phi) is 2.72. The number of rotatable bonds is 4. The summed E-state index contributed by atoms with van der Waals surface area (Å²) in [5, 5.41) is 3.51. The van der Waals surface area contributed by atoms with E-state index in [4.69, 9.17) is 0 Å². The molecule has 0 saturated heterocycles. The second kappa shape index (κ2) is 4.21. The zero-order valence-corrected chi connectivity index (χ0v) is 9.95. The Bertz CT molecular complexity index is 333. The van der Waals surface area contributed by atoms with Gasteiger partial charge in [-0.2, -0.15) is 0 Å². The van der Waals surface area contributed by atoms with Gasteiger partial charge in [0.15, 0.2) is 0 Å². The lowest BCUT2D eigenvalue weighted by molar-refractivity contribution is 0.253. The van der Waals surface area contributed by atoms with Gasteiger partial charge in [-0.05, 0) is 44.1 Å². The molecule has 0 spiro atoms. The highest BCUT2D eigenvalue weighted by molar-refractivity contribution is 4.99. The summed E-state index contributed by atoms with van der Waals surface area (Å²) in [5.74, 6) is 4.02. The lowest BCUT2D eigenvalue weighted by atomic mass is 9.82. The maximum absolute atomic E-state index is 4.34. The summed E-state index contributed by atoms with van der Waals surface area (Å²) in [5.41, 5.74) is 0. The Hall–Kier alpha value is -0.830. The van der Waals surface area contributed by atoms with E-state index in [2.05, 4.69) is 22.3 Å². The van der Waals surface area contributed by atoms with Crippen LogP contribution < -0.4 is 5.32 Å². The van der Waals surface area contributed by atoms with Gasteiger partial charge < -0.3 is 10.3 Å². The highest BCUT2D eigenvalue weighted by atomic mass is 14.9. The Morgan fingerprint density at radius 2 is 2.44 bits per heavy atom. The zero-order chi connectivity index (χ0) is 11.0. The number of aromatic amines is 1. The highest BCUT2D eigenvalue weighted by Gasteiger charge is 2.42. The summed E-state index contributed by atoms with van der Waals surface area (Å²) in [7, 11) is 2.10. The molecule has 2 aliphatic carbocycles. The van der Waals surface area contributed by atoms with Gasteiger partial charge in [0.05, 0.1) is 0 Å². The molecule has 1 aromatic heterocycles. The number of hydrogen-bond donors (Lipinski definition) is 2. The van der Waals surface area contributed by atoms with Gasteiger partial charge in [-0.3, -0.25) is 0 Å². The number of likely N-dealkylation sites (N-methyl/N-ethyl adjacent to an activating group) is 1. The smallest absolute Gasteiger partial charge is 0.107 e. The molecule has 1 aromatic rings. The van der Waals surface area contributed by atoms with E-state index >= 15 is 0 Å². The Morgan fingerprint density at radius 3 is 3.00 bits per heavy atom. The minimum Gasteiger partial charge on any atom is -0.349 e. The Morgan fingerprint density at radius 1 is 1.50 bits per heavy atom. The van der Waals surface area contributed by atoms with Gasteiger partial charge in [-0.1, -0.05) is 6.42 Å². The zero-order valence-electron chi connectivity index (χ0n) is 9.95. The third-order valence-corrected chi connectivity index (χ3v) is 4.65. The van der Waals surface area contributed by atoms with E-state index in [1.165, 1.54) is 25.7 Å². The molecule has 0 aromatic carbocycles. The number of H-pyrrole nitrogens is 1. The molecule has 0 radical (unpaired) electrons. The van der Waals surface area contributed by atoms with Gasteiger partial charge in [-0.25, -0.2) is 4.98 Å². The Balaban J connectivity index is 1.67. The third-order valence-electron chi connectivity index (χ3n) is 4.65. The van der Waals surface area contributed by atoms with Crippen LogP contribution in [-0.2, 0) is 6.42 Å². The van der Waals surface area contributed by atoms with Crippen LogP contribution in [0.2, 0.25) is 0 Å². The third kappa shape index (κ3) is 1.77. The molecule has 2 bridgehead atoms. The van der Waals surface area contributed by atoms with Gasteiger partial charge in [0.1, 0.15) is 5.82 Å². The molecule has 2 fully saturated rings. The predicted octanol–water partition coefficient (Wildman–Crippen LogP) is 1.98. The van der Waals surface area contributed by atoms with Crippen LogP contribution in [0.5, 0.6) is 0 Å². The van der Waals surface area contributed by atoms with Crippen LogP contribution in [0.4, 0.5) is 0 Å². The summed E-state index contributed by atoms with van der Waals surface area (Å²) >= 11 is 0. The summed E-state index contributed by atoms with van der Waals surface area (Å²) in [6, 6.07) is 0.612. The van der Waals surface area contributed by atoms with Crippen molar-refractivity contribution in [2.45, 2.75) is 38.1 Å². The fraction of sp³-hybridized carbons (Fsp3) is 0.769. The topological polar surface area (TPSA) is 40.7 Å². The minimum atomic E-state index is 0.612. The highest BCUT2D eigenvalue weighted by Crippen LogP contribution is 2.49. The van der Waals surface area contributed by atoms with Crippen molar-refractivity contribution in [3.63, 3.8) is 0 Å². The van der Waals surface area contributed by atoms with Crippen LogP contribution in [0.15, 0.2) is 12.4 Å². The standard InChI is InChI=1S/C13H21N3/c1-14-12(8-13-15-4-5-16-13)11-7-9-2-3-10(11)6-9/h4-5,9-12,14H,2-3,6-8H2,1H3,(H,15,16). The molecular weight excluding hydrogens is 198 g/mol. The maximum atomic E-state index is 4.34. The molecule has 0 aliphatic heterocycles. The molecule has 2 saturated carbocycles. The van der Waals surface area contributed by atoms with Crippen molar-refractivity contribution in [3.8, 4) is 0 Å². The SMILES string of the molecule is CNC(Cc1ncc[nH]1)C1CC2CCC1C2. The summed E-state index contributed by atoms with van der Waals surface area (Å²) in [6.45, 7) is 0. The van der Waals surface area contributed by atoms with Crippen LogP contribution >= 0.6 is 0 Å². The van der Waals surface area contributed by atoms with E-state index in [0.717, 1.165) is 30.0 Å². The van der Waals surface area contributed by atoms with Crippen LogP contribution in [0.25, 0.3) is 0 Å². The molecule has 88 valence electrons. The quantitative estimate of drug-likeness (QED) is 0.813. The van der Waals surface area contributed by atoms with E-state index in [1.807, 2.05) is 12.4 Å². The van der Waals surface area contributed by atoms with Gasteiger partial charge in [0.2, 0.25) is 0 Å². The first-order chi connectivity index (χ1) is 7.86. The average molecular weight is 219 g/mol. The molecule has 3 heteroatoms. The normalized spacial score (nSPS) is 34.4.